The summed E-state index contributed by atoms with van der Waals surface area (Å²) >= 11 is 0. The van der Waals surface area contributed by atoms with E-state index in [4.69, 9.17) is 18.9 Å². The molecule has 0 saturated heterocycles. The molecule has 5 heteroatoms. The molecular formula is C22H31NO4. The summed E-state index contributed by atoms with van der Waals surface area (Å²) in [4.78, 5) is 0. The highest BCUT2D eigenvalue weighted by Crippen LogP contribution is 2.52. The van der Waals surface area contributed by atoms with Gasteiger partial charge in [-0.3, -0.25) is 0 Å². The molecule has 1 unspecified atom stereocenters. The number of rotatable bonds is 7. The van der Waals surface area contributed by atoms with Crippen LogP contribution in [-0.4, -0.2) is 21.3 Å². The van der Waals surface area contributed by atoms with Crippen molar-refractivity contribution >= 4 is 0 Å². The largest absolute Gasteiger partial charge is 0.493 e. The number of methoxy groups -OCH3 is 3. The van der Waals surface area contributed by atoms with Crippen LogP contribution in [0.4, 0.5) is 0 Å². The summed E-state index contributed by atoms with van der Waals surface area (Å²) in [6, 6.07) is 6.25. The zero-order valence-corrected chi connectivity index (χ0v) is 17.6. The molecule has 2 rings (SSSR count). The van der Waals surface area contributed by atoms with Gasteiger partial charge < -0.3 is 18.9 Å². The van der Waals surface area contributed by atoms with Gasteiger partial charge >= 0.3 is 0 Å². The molecule has 0 spiro atoms. The van der Waals surface area contributed by atoms with Crippen LogP contribution in [-0.2, 0) is 10.3 Å². The fourth-order valence-electron chi connectivity index (χ4n) is 3.61. The first-order valence-electron chi connectivity index (χ1n) is 9.39. The monoisotopic (exact) mass is 373 g/mol. The Balaban J connectivity index is 2.61. The normalized spacial score (nSPS) is 19.5. The van der Waals surface area contributed by atoms with E-state index in [0.717, 1.165) is 30.6 Å². The van der Waals surface area contributed by atoms with Crippen LogP contribution in [0.2, 0.25) is 0 Å². The summed E-state index contributed by atoms with van der Waals surface area (Å²) in [6.07, 6.45) is 3.40. The number of benzene rings is 1. The van der Waals surface area contributed by atoms with E-state index in [2.05, 4.69) is 33.8 Å². The van der Waals surface area contributed by atoms with Gasteiger partial charge in [0.2, 0.25) is 5.75 Å². The molecule has 0 radical (unpaired) electrons. The van der Waals surface area contributed by atoms with E-state index in [-0.39, 0.29) is 5.41 Å². The zero-order valence-electron chi connectivity index (χ0n) is 17.6. The molecule has 148 valence electrons. The maximum atomic E-state index is 9.73. The molecule has 0 saturated carbocycles. The Hall–Kier alpha value is -2.35. The highest BCUT2D eigenvalue weighted by atomic mass is 16.5. The van der Waals surface area contributed by atoms with Gasteiger partial charge in [0.25, 0.3) is 0 Å². The number of unbranched alkanes of at least 4 members (excludes halogenated alkanes) is 1. The van der Waals surface area contributed by atoms with E-state index in [9.17, 15) is 5.26 Å². The smallest absolute Gasteiger partial charge is 0.203 e. The average molecular weight is 373 g/mol. The third-order valence-corrected chi connectivity index (χ3v) is 4.97. The van der Waals surface area contributed by atoms with Crippen molar-refractivity contribution in [3.05, 3.63) is 29.0 Å². The molecule has 0 fully saturated rings. The third-order valence-electron chi connectivity index (χ3n) is 4.97. The lowest BCUT2D eigenvalue weighted by molar-refractivity contribution is -0.0103. The molecule has 27 heavy (non-hydrogen) atoms. The molecule has 0 aliphatic carbocycles. The van der Waals surface area contributed by atoms with Crippen molar-refractivity contribution in [2.75, 3.05) is 21.3 Å². The number of ether oxygens (including phenoxy) is 4. The van der Waals surface area contributed by atoms with Crippen LogP contribution in [0.25, 0.3) is 0 Å². The second-order valence-corrected chi connectivity index (χ2v) is 7.96. The van der Waals surface area contributed by atoms with Gasteiger partial charge in [-0.1, -0.05) is 34.1 Å². The SMILES string of the molecule is CCCCC1(c2cc(OC)c(OC)c(OC)c2)CC(C#N)=C(C(C)(C)C)O1. The quantitative estimate of drug-likeness (QED) is 0.645. The second kappa shape index (κ2) is 8.12. The lowest BCUT2D eigenvalue weighted by Gasteiger charge is -2.34. The first-order chi connectivity index (χ1) is 12.8. The summed E-state index contributed by atoms with van der Waals surface area (Å²) < 4.78 is 23.1. The number of nitrogens with zero attached hydrogens (tertiary/aromatic N) is 1. The average Bonchev–Trinajstić information content (AvgIpc) is 3.05. The van der Waals surface area contributed by atoms with Gasteiger partial charge in [-0.25, -0.2) is 0 Å². The lowest BCUT2D eigenvalue weighted by atomic mass is 9.83. The molecule has 0 bridgehead atoms. The predicted molar refractivity (Wildman–Crippen MR) is 105 cm³/mol. The van der Waals surface area contributed by atoms with Crippen LogP contribution >= 0.6 is 0 Å². The Kier molecular flexibility index (Phi) is 6.30. The fourth-order valence-corrected chi connectivity index (χ4v) is 3.61. The maximum Gasteiger partial charge on any atom is 0.203 e. The Morgan fingerprint density at radius 1 is 1.11 bits per heavy atom. The number of hydrogen-bond acceptors (Lipinski definition) is 5. The second-order valence-electron chi connectivity index (χ2n) is 7.96. The molecule has 5 nitrogen and oxygen atoms in total. The molecule has 1 heterocycles. The van der Waals surface area contributed by atoms with Gasteiger partial charge in [-0.2, -0.15) is 5.26 Å². The van der Waals surface area contributed by atoms with Crippen LogP contribution < -0.4 is 14.2 Å². The van der Waals surface area contributed by atoms with Crippen molar-refractivity contribution in [1.29, 1.82) is 5.26 Å². The van der Waals surface area contributed by atoms with Gasteiger partial charge in [-0.05, 0) is 25.0 Å². The van der Waals surface area contributed by atoms with Gasteiger partial charge in [0.15, 0.2) is 11.5 Å². The number of nitriles is 1. The van der Waals surface area contributed by atoms with Gasteiger partial charge in [0, 0.05) is 17.4 Å². The van der Waals surface area contributed by atoms with Crippen molar-refractivity contribution in [3.63, 3.8) is 0 Å². The first-order valence-corrected chi connectivity index (χ1v) is 9.39. The van der Waals surface area contributed by atoms with E-state index < -0.39 is 5.60 Å². The van der Waals surface area contributed by atoms with E-state index >= 15 is 0 Å². The number of hydrogen-bond donors (Lipinski definition) is 0. The Morgan fingerprint density at radius 2 is 1.70 bits per heavy atom. The maximum absolute atomic E-state index is 9.73. The van der Waals surface area contributed by atoms with Gasteiger partial charge in [0.1, 0.15) is 11.4 Å². The van der Waals surface area contributed by atoms with Crippen LogP contribution in [0, 0.1) is 16.7 Å². The summed E-state index contributed by atoms with van der Waals surface area (Å²) in [5.74, 6) is 2.51. The summed E-state index contributed by atoms with van der Waals surface area (Å²) in [5.41, 5.74) is 0.820. The molecule has 1 aliphatic heterocycles. The first kappa shape index (κ1) is 21.0. The molecule has 0 aromatic heterocycles. The molecular weight excluding hydrogens is 342 g/mol. The minimum Gasteiger partial charge on any atom is -0.493 e. The van der Waals surface area contributed by atoms with Crippen LogP contribution in [0.5, 0.6) is 17.2 Å². The van der Waals surface area contributed by atoms with Gasteiger partial charge in [-0.15, -0.1) is 0 Å². The topological polar surface area (TPSA) is 60.7 Å². The standard InChI is InChI=1S/C22H31NO4/c1-8-9-10-22(13-15(14-23)20(27-22)21(2,3)4)16-11-17(24-5)19(26-7)18(12-16)25-6/h11-12H,8-10,13H2,1-7H3. The predicted octanol–water partition coefficient (Wildman–Crippen LogP) is 5.34. The zero-order chi connectivity index (χ0) is 20.2. The third kappa shape index (κ3) is 4.00. The van der Waals surface area contributed by atoms with Crippen molar-refractivity contribution in [1.82, 2.24) is 0 Å². The van der Waals surface area contributed by atoms with Crippen molar-refractivity contribution < 1.29 is 18.9 Å². The Bertz CT molecular complexity index is 730. The summed E-state index contributed by atoms with van der Waals surface area (Å²) in [5, 5.41) is 9.73. The van der Waals surface area contributed by atoms with E-state index in [1.807, 2.05) is 12.1 Å². The van der Waals surface area contributed by atoms with Crippen LogP contribution in [0.15, 0.2) is 23.5 Å². The van der Waals surface area contributed by atoms with Crippen LogP contribution in [0.3, 0.4) is 0 Å². The molecule has 0 N–H and O–H groups in total. The van der Waals surface area contributed by atoms with Crippen molar-refractivity contribution in [3.8, 4) is 23.3 Å². The molecule has 1 aromatic carbocycles. The fraction of sp³-hybridized carbons (Fsp3) is 0.591. The molecule has 1 aromatic rings. The molecule has 1 aliphatic rings. The van der Waals surface area contributed by atoms with E-state index in [1.54, 1.807) is 21.3 Å². The molecule has 1 atom stereocenters. The lowest BCUT2D eigenvalue weighted by Crippen LogP contribution is -2.27. The summed E-state index contributed by atoms with van der Waals surface area (Å²) in [7, 11) is 4.80. The van der Waals surface area contributed by atoms with Crippen molar-refractivity contribution in [2.45, 2.75) is 59.0 Å². The highest BCUT2D eigenvalue weighted by Gasteiger charge is 2.46. The van der Waals surface area contributed by atoms with E-state index in [0.29, 0.717) is 29.2 Å². The highest BCUT2D eigenvalue weighted by molar-refractivity contribution is 5.56. The Morgan fingerprint density at radius 3 is 2.07 bits per heavy atom. The number of allylic oxidation sites excluding steroid dienone is 1. The minimum absolute atomic E-state index is 0.236. The summed E-state index contributed by atoms with van der Waals surface area (Å²) in [6.45, 7) is 8.38. The van der Waals surface area contributed by atoms with Gasteiger partial charge in [0.05, 0.1) is 33.0 Å². The Labute approximate surface area is 162 Å². The van der Waals surface area contributed by atoms with E-state index in [1.165, 1.54) is 0 Å². The van der Waals surface area contributed by atoms with Crippen molar-refractivity contribution in [2.24, 2.45) is 5.41 Å². The van der Waals surface area contributed by atoms with Crippen LogP contribution in [0.1, 0.15) is 58.9 Å². The molecule has 0 amide bonds. The minimum atomic E-state index is -0.601.